The van der Waals surface area contributed by atoms with Crippen LogP contribution in [-0.4, -0.2) is 13.1 Å². The van der Waals surface area contributed by atoms with E-state index < -0.39 is 11.7 Å². The van der Waals surface area contributed by atoms with Gasteiger partial charge in [0.05, 0.1) is 5.56 Å². The summed E-state index contributed by atoms with van der Waals surface area (Å²) in [6.45, 7) is 0. The lowest BCUT2D eigenvalue weighted by Crippen LogP contribution is -2.33. The molecule has 5 heteroatoms. The summed E-state index contributed by atoms with van der Waals surface area (Å²) in [5.74, 6) is 0. The largest absolute Gasteiger partial charge is 0.416 e. The highest BCUT2D eigenvalue weighted by molar-refractivity contribution is 9.08. The van der Waals surface area contributed by atoms with Crippen molar-refractivity contribution >= 4 is 21.6 Å². The third kappa shape index (κ3) is 3.48. The van der Waals surface area contributed by atoms with E-state index in [2.05, 4.69) is 15.9 Å². The van der Waals surface area contributed by atoms with E-state index in [0.29, 0.717) is 17.3 Å². The van der Waals surface area contributed by atoms with Crippen molar-refractivity contribution in [3.8, 4) is 0 Å². The van der Waals surface area contributed by atoms with Crippen LogP contribution >= 0.6 is 15.9 Å². The SMILES string of the molecule is CN(c1ccc(CBr)c(C(F)(F)F)c1)C1CCCCC1. The van der Waals surface area contributed by atoms with Gasteiger partial charge in [-0.3, -0.25) is 0 Å². The number of rotatable bonds is 3. The fourth-order valence-corrected chi connectivity index (χ4v) is 3.33. The molecule has 1 aromatic rings. The van der Waals surface area contributed by atoms with E-state index >= 15 is 0 Å². The zero-order chi connectivity index (χ0) is 14.8. The maximum atomic E-state index is 13.1. The van der Waals surface area contributed by atoms with Gasteiger partial charge in [0.1, 0.15) is 0 Å². The Labute approximate surface area is 126 Å². The van der Waals surface area contributed by atoms with Crippen LogP contribution in [0.5, 0.6) is 0 Å². The monoisotopic (exact) mass is 349 g/mol. The zero-order valence-electron chi connectivity index (χ0n) is 11.5. The predicted molar refractivity (Wildman–Crippen MR) is 79.4 cm³/mol. The average molecular weight is 350 g/mol. The molecular formula is C15H19BrF3N. The number of benzene rings is 1. The summed E-state index contributed by atoms with van der Waals surface area (Å²) in [6.07, 6.45) is 1.41. The number of alkyl halides is 4. The van der Waals surface area contributed by atoms with Crippen LogP contribution in [0.3, 0.4) is 0 Å². The van der Waals surface area contributed by atoms with Gasteiger partial charge < -0.3 is 4.90 Å². The van der Waals surface area contributed by atoms with Gasteiger partial charge in [0, 0.05) is 24.1 Å². The first kappa shape index (κ1) is 15.7. The van der Waals surface area contributed by atoms with E-state index in [0.717, 1.165) is 12.8 Å². The van der Waals surface area contributed by atoms with Crippen LogP contribution in [0.1, 0.15) is 43.2 Å². The molecular weight excluding hydrogens is 331 g/mol. The number of halogens is 4. The third-order valence-corrected chi connectivity index (χ3v) is 4.68. The molecule has 1 nitrogen and oxygen atoms in total. The molecule has 1 aliphatic carbocycles. The first-order chi connectivity index (χ1) is 9.43. The number of nitrogens with zero attached hydrogens (tertiary/aromatic N) is 1. The third-order valence-electron chi connectivity index (χ3n) is 4.07. The first-order valence-electron chi connectivity index (χ1n) is 6.92. The summed E-state index contributed by atoms with van der Waals surface area (Å²) in [5, 5.41) is 0.218. The lowest BCUT2D eigenvalue weighted by atomic mass is 9.94. The summed E-state index contributed by atoms with van der Waals surface area (Å²) in [5.41, 5.74) is 0.418. The normalized spacial score (nSPS) is 17.2. The minimum Gasteiger partial charge on any atom is -0.372 e. The molecule has 0 aromatic heterocycles. The van der Waals surface area contributed by atoms with E-state index in [1.807, 2.05) is 11.9 Å². The zero-order valence-corrected chi connectivity index (χ0v) is 13.1. The first-order valence-corrected chi connectivity index (χ1v) is 8.04. The lowest BCUT2D eigenvalue weighted by Gasteiger charge is -2.33. The Kier molecular flexibility index (Phi) is 4.99. The molecule has 0 heterocycles. The Morgan fingerprint density at radius 3 is 2.40 bits per heavy atom. The molecule has 112 valence electrons. The molecule has 1 saturated carbocycles. The maximum Gasteiger partial charge on any atom is 0.416 e. The van der Waals surface area contributed by atoms with Gasteiger partial charge >= 0.3 is 6.18 Å². The van der Waals surface area contributed by atoms with Gasteiger partial charge in [0.2, 0.25) is 0 Å². The molecule has 0 aliphatic heterocycles. The smallest absolute Gasteiger partial charge is 0.372 e. The second kappa shape index (κ2) is 6.37. The van der Waals surface area contributed by atoms with Crippen LogP contribution in [-0.2, 0) is 11.5 Å². The molecule has 1 aliphatic rings. The molecule has 0 spiro atoms. The fraction of sp³-hybridized carbons (Fsp3) is 0.600. The predicted octanol–water partition coefficient (Wildman–Crippen LogP) is 5.37. The standard InChI is InChI=1S/C15H19BrF3N/c1-20(12-5-3-2-4-6-12)13-8-7-11(10-16)14(9-13)15(17,18)19/h7-9,12H,2-6,10H2,1H3. The molecule has 0 amide bonds. The quantitative estimate of drug-likeness (QED) is 0.663. The van der Waals surface area contributed by atoms with Crippen LogP contribution in [0.4, 0.5) is 18.9 Å². The summed E-state index contributed by atoms with van der Waals surface area (Å²) in [7, 11) is 1.90. The minimum atomic E-state index is -4.30. The Morgan fingerprint density at radius 2 is 1.85 bits per heavy atom. The van der Waals surface area contributed by atoms with Gasteiger partial charge in [-0.15, -0.1) is 0 Å². The summed E-state index contributed by atoms with van der Waals surface area (Å²) in [6, 6.07) is 5.01. The average Bonchev–Trinajstić information content (AvgIpc) is 2.46. The molecule has 0 unspecified atom stereocenters. The second-order valence-electron chi connectivity index (χ2n) is 5.38. The lowest BCUT2D eigenvalue weighted by molar-refractivity contribution is -0.138. The van der Waals surface area contributed by atoms with Crippen molar-refractivity contribution in [3.05, 3.63) is 29.3 Å². The highest BCUT2D eigenvalue weighted by Crippen LogP contribution is 2.36. The van der Waals surface area contributed by atoms with E-state index in [9.17, 15) is 13.2 Å². The van der Waals surface area contributed by atoms with Crippen molar-refractivity contribution < 1.29 is 13.2 Å². The number of anilines is 1. The Balaban J connectivity index is 2.28. The van der Waals surface area contributed by atoms with E-state index in [1.165, 1.54) is 25.3 Å². The van der Waals surface area contributed by atoms with Crippen molar-refractivity contribution in [2.45, 2.75) is 49.7 Å². The van der Waals surface area contributed by atoms with Gasteiger partial charge in [0.25, 0.3) is 0 Å². The van der Waals surface area contributed by atoms with Crippen LogP contribution in [0.2, 0.25) is 0 Å². The molecule has 0 saturated heterocycles. The fourth-order valence-electron chi connectivity index (χ4n) is 2.84. The number of hydrogen-bond acceptors (Lipinski definition) is 1. The van der Waals surface area contributed by atoms with E-state index in [-0.39, 0.29) is 5.33 Å². The van der Waals surface area contributed by atoms with Gasteiger partial charge in [-0.05, 0) is 30.5 Å². The Bertz CT molecular complexity index is 453. The van der Waals surface area contributed by atoms with Crippen molar-refractivity contribution in [2.24, 2.45) is 0 Å². The van der Waals surface area contributed by atoms with Crippen LogP contribution in [0.25, 0.3) is 0 Å². The molecule has 0 radical (unpaired) electrons. The highest BCUT2D eigenvalue weighted by Gasteiger charge is 2.33. The molecule has 0 bridgehead atoms. The van der Waals surface area contributed by atoms with Crippen LogP contribution < -0.4 is 4.90 Å². The van der Waals surface area contributed by atoms with Crippen molar-refractivity contribution in [3.63, 3.8) is 0 Å². The molecule has 0 atom stereocenters. The van der Waals surface area contributed by atoms with Crippen LogP contribution in [0.15, 0.2) is 18.2 Å². The summed E-state index contributed by atoms with van der Waals surface area (Å²) in [4.78, 5) is 2.01. The van der Waals surface area contributed by atoms with Gasteiger partial charge in [-0.1, -0.05) is 41.3 Å². The van der Waals surface area contributed by atoms with Gasteiger partial charge in [-0.2, -0.15) is 13.2 Å². The molecule has 1 aromatic carbocycles. The summed E-state index contributed by atoms with van der Waals surface area (Å²) < 4.78 is 39.2. The van der Waals surface area contributed by atoms with Crippen LogP contribution in [0, 0.1) is 0 Å². The van der Waals surface area contributed by atoms with E-state index in [4.69, 9.17) is 0 Å². The number of hydrogen-bond donors (Lipinski definition) is 0. The van der Waals surface area contributed by atoms with Crippen molar-refractivity contribution in [2.75, 3.05) is 11.9 Å². The van der Waals surface area contributed by atoms with Gasteiger partial charge in [0.15, 0.2) is 0 Å². The maximum absolute atomic E-state index is 13.1. The van der Waals surface area contributed by atoms with Crippen molar-refractivity contribution in [1.82, 2.24) is 0 Å². The topological polar surface area (TPSA) is 3.24 Å². The van der Waals surface area contributed by atoms with E-state index in [1.54, 1.807) is 12.1 Å². The van der Waals surface area contributed by atoms with Crippen molar-refractivity contribution in [1.29, 1.82) is 0 Å². The second-order valence-corrected chi connectivity index (χ2v) is 5.94. The Morgan fingerprint density at radius 1 is 1.20 bits per heavy atom. The summed E-state index contributed by atoms with van der Waals surface area (Å²) >= 11 is 3.13. The molecule has 20 heavy (non-hydrogen) atoms. The van der Waals surface area contributed by atoms with Gasteiger partial charge in [-0.25, -0.2) is 0 Å². The molecule has 1 fully saturated rings. The molecule has 2 rings (SSSR count). The molecule has 0 N–H and O–H groups in total. The minimum absolute atomic E-state index is 0.218. The Hall–Kier alpha value is -0.710. The highest BCUT2D eigenvalue weighted by atomic mass is 79.9.